The second-order valence-electron chi connectivity index (χ2n) is 4.99. The molecule has 1 N–H and O–H groups in total. The predicted molar refractivity (Wildman–Crippen MR) is 84.4 cm³/mol. The molecule has 0 aliphatic rings. The number of ether oxygens (including phenoxy) is 2. The van der Waals surface area contributed by atoms with Crippen molar-refractivity contribution in [2.45, 2.75) is 52.2 Å². The number of hydrogen-bond acceptors (Lipinski definition) is 3. The molecule has 0 spiro atoms. The molecule has 2 unspecified atom stereocenters. The molecular formula is C17H29NO2. The van der Waals surface area contributed by atoms with Gasteiger partial charge in [0.05, 0.1) is 19.3 Å². The summed E-state index contributed by atoms with van der Waals surface area (Å²) < 4.78 is 11.3. The first-order valence-corrected chi connectivity index (χ1v) is 7.75. The van der Waals surface area contributed by atoms with Crippen molar-refractivity contribution in [1.29, 1.82) is 0 Å². The summed E-state index contributed by atoms with van der Waals surface area (Å²) in [4.78, 5) is 0. The standard InChI is InChI=1S/C17H29NO2/c1-5-9-16(20-7-3)17(18-12-6-2)14-10-8-11-15(13-14)19-4/h8,10-11,13,16-18H,5-7,9,12H2,1-4H3. The molecule has 0 saturated heterocycles. The van der Waals surface area contributed by atoms with Crippen molar-refractivity contribution >= 4 is 0 Å². The molecule has 0 fully saturated rings. The summed E-state index contributed by atoms with van der Waals surface area (Å²) >= 11 is 0. The van der Waals surface area contributed by atoms with Gasteiger partial charge in [-0.1, -0.05) is 32.4 Å². The van der Waals surface area contributed by atoms with Gasteiger partial charge in [0.1, 0.15) is 5.75 Å². The Morgan fingerprint density at radius 1 is 1.15 bits per heavy atom. The molecule has 0 saturated carbocycles. The maximum absolute atomic E-state index is 5.97. The van der Waals surface area contributed by atoms with Gasteiger partial charge in [-0.2, -0.15) is 0 Å². The van der Waals surface area contributed by atoms with Crippen LogP contribution >= 0.6 is 0 Å². The van der Waals surface area contributed by atoms with E-state index in [1.165, 1.54) is 5.56 Å². The van der Waals surface area contributed by atoms with Crippen LogP contribution in [0.15, 0.2) is 24.3 Å². The first kappa shape index (κ1) is 17.0. The Labute approximate surface area is 123 Å². The second-order valence-corrected chi connectivity index (χ2v) is 4.99. The summed E-state index contributed by atoms with van der Waals surface area (Å²) in [5.41, 5.74) is 1.24. The van der Waals surface area contributed by atoms with E-state index in [2.05, 4.69) is 38.2 Å². The lowest BCUT2D eigenvalue weighted by molar-refractivity contribution is 0.0276. The van der Waals surface area contributed by atoms with Gasteiger partial charge >= 0.3 is 0 Å². The van der Waals surface area contributed by atoms with E-state index in [9.17, 15) is 0 Å². The van der Waals surface area contributed by atoms with Crippen LogP contribution in [0.3, 0.4) is 0 Å². The highest BCUT2D eigenvalue weighted by atomic mass is 16.5. The molecule has 0 aromatic heterocycles. The minimum Gasteiger partial charge on any atom is -0.497 e. The van der Waals surface area contributed by atoms with Gasteiger partial charge in [0.25, 0.3) is 0 Å². The van der Waals surface area contributed by atoms with Gasteiger partial charge in [0, 0.05) is 6.61 Å². The third-order valence-corrected chi connectivity index (χ3v) is 3.39. The first-order chi connectivity index (χ1) is 9.76. The zero-order valence-corrected chi connectivity index (χ0v) is 13.3. The Morgan fingerprint density at radius 2 is 1.95 bits per heavy atom. The summed E-state index contributed by atoms with van der Waals surface area (Å²) in [6.45, 7) is 8.19. The molecule has 0 aliphatic carbocycles. The summed E-state index contributed by atoms with van der Waals surface area (Å²) in [7, 11) is 1.71. The molecule has 0 aliphatic heterocycles. The molecule has 1 aromatic rings. The van der Waals surface area contributed by atoms with E-state index in [0.29, 0.717) is 0 Å². The number of methoxy groups -OCH3 is 1. The van der Waals surface area contributed by atoms with Crippen molar-refractivity contribution in [2.75, 3.05) is 20.3 Å². The van der Waals surface area contributed by atoms with Crippen molar-refractivity contribution < 1.29 is 9.47 Å². The fraction of sp³-hybridized carbons (Fsp3) is 0.647. The minimum atomic E-state index is 0.212. The highest BCUT2D eigenvalue weighted by molar-refractivity contribution is 5.31. The number of rotatable bonds is 10. The average molecular weight is 279 g/mol. The van der Waals surface area contributed by atoms with Gasteiger partial charge in [-0.15, -0.1) is 0 Å². The molecule has 0 radical (unpaired) electrons. The molecular weight excluding hydrogens is 250 g/mol. The summed E-state index contributed by atoms with van der Waals surface area (Å²) in [6.07, 6.45) is 3.51. The third-order valence-electron chi connectivity index (χ3n) is 3.39. The number of hydrogen-bond donors (Lipinski definition) is 1. The van der Waals surface area contributed by atoms with E-state index in [-0.39, 0.29) is 12.1 Å². The molecule has 0 amide bonds. The zero-order valence-electron chi connectivity index (χ0n) is 13.3. The topological polar surface area (TPSA) is 30.5 Å². The Kier molecular flexibility index (Phi) is 8.31. The molecule has 1 aromatic carbocycles. The molecule has 0 heterocycles. The third kappa shape index (κ3) is 5.14. The van der Waals surface area contributed by atoms with Crippen LogP contribution in [0.4, 0.5) is 0 Å². The zero-order chi connectivity index (χ0) is 14.8. The Hall–Kier alpha value is -1.06. The van der Waals surface area contributed by atoms with Crippen molar-refractivity contribution in [2.24, 2.45) is 0 Å². The Bertz CT molecular complexity index is 362. The van der Waals surface area contributed by atoms with Gasteiger partial charge in [0.2, 0.25) is 0 Å². The second kappa shape index (κ2) is 9.78. The normalized spacial score (nSPS) is 14.0. The molecule has 20 heavy (non-hydrogen) atoms. The van der Waals surface area contributed by atoms with Crippen LogP contribution in [-0.4, -0.2) is 26.4 Å². The summed E-state index contributed by atoms with van der Waals surface area (Å²) in [5.74, 6) is 0.901. The van der Waals surface area contributed by atoms with E-state index in [4.69, 9.17) is 9.47 Å². The van der Waals surface area contributed by atoms with Crippen LogP contribution in [0.2, 0.25) is 0 Å². The summed E-state index contributed by atoms with van der Waals surface area (Å²) in [6, 6.07) is 8.51. The first-order valence-electron chi connectivity index (χ1n) is 7.75. The largest absolute Gasteiger partial charge is 0.497 e. The monoisotopic (exact) mass is 279 g/mol. The Balaban J connectivity index is 2.94. The van der Waals surface area contributed by atoms with E-state index >= 15 is 0 Å². The maximum atomic E-state index is 5.97. The van der Waals surface area contributed by atoms with Crippen LogP contribution in [0.5, 0.6) is 5.75 Å². The lowest BCUT2D eigenvalue weighted by Crippen LogP contribution is -2.34. The van der Waals surface area contributed by atoms with Crippen molar-refractivity contribution in [3.05, 3.63) is 29.8 Å². The van der Waals surface area contributed by atoms with E-state index < -0.39 is 0 Å². The molecule has 1 rings (SSSR count). The van der Waals surface area contributed by atoms with Gasteiger partial charge in [0.15, 0.2) is 0 Å². The predicted octanol–water partition coefficient (Wildman–Crippen LogP) is 3.94. The average Bonchev–Trinajstić information content (AvgIpc) is 2.48. The van der Waals surface area contributed by atoms with Crippen molar-refractivity contribution in [3.8, 4) is 5.75 Å². The van der Waals surface area contributed by atoms with Crippen LogP contribution < -0.4 is 10.1 Å². The fourth-order valence-corrected chi connectivity index (χ4v) is 2.44. The fourth-order valence-electron chi connectivity index (χ4n) is 2.44. The highest BCUT2D eigenvalue weighted by Crippen LogP contribution is 2.26. The number of nitrogens with one attached hydrogen (secondary N) is 1. The molecule has 3 heteroatoms. The molecule has 114 valence electrons. The van der Waals surface area contributed by atoms with Crippen LogP contribution in [0, 0.1) is 0 Å². The van der Waals surface area contributed by atoms with E-state index in [1.807, 2.05) is 12.1 Å². The van der Waals surface area contributed by atoms with E-state index in [1.54, 1.807) is 7.11 Å². The van der Waals surface area contributed by atoms with Crippen LogP contribution in [0.25, 0.3) is 0 Å². The molecule has 0 bridgehead atoms. The molecule has 2 atom stereocenters. The number of benzene rings is 1. The van der Waals surface area contributed by atoms with Gasteiger partial charge in [-0.3, -0.25) is 0 Å². The Morgan fingerprint density at radius 3 is 2.55 bits per heavy atom. The molecule has 3 nitrogen and oxygen atoms in total. The smallest absolute Gasteiger partial charge is 0.119 e. The minimum absolute atomic E-state index is 0.212. The SMILES string of the molecule is CCCNC(c1cccc(OC)c1)C(CCC)OCC. The highest BCUT2D eigenvalue weighted by Gasteiger charge is 2.22. The quantitative estimate of drug-likeness (QED) is 0.703. The van der Waals surface area contributed by atoms with Gasteiger partial charge < -0.3 is 14.8 Å². The summed E-state index contributed by atoms with van der Waals surface area (Å²) in [5, 5.41) is 3.63. The van der Waals surface area contributed by atoms with Gasteiger partial charge in [-0.05, 0) is 44.0 Å². The van der Waals surface area contributed by atoms with Crippen LogP contribution in [0.1, 0.15) is 51.6 Å². The van der Waals surface area contributed by atoms with Gasteiger partial charge in [-0.25, -0.2) is 0 Å². The van der Waals surface area contributed by atoms with Crippen LogP contribution in [-0.2, 0) is 4.74 Å². The lowest BCUT2D eigenvalue weighted by Gasteiger charge is -2.28. The lowest BCUT2D eigenvalue weighted by atomic mass is 9.97. The van der Waals surface area contributed by atoms with E-state index in [0.717, 1.165) is 38.2 Å². The maximum Gasteiger partial charge on any atom is 0.119 e. The van der Waals surface area contributed by atoms with Crippen molar-refractivity contribution in [3.63, 3.8) is 0 Å². The van der Waals surface area contributed by atoms with Crippen molar-refractivity contribution in [1.82, 2.24) is 5.32 Å².